The van der Waals surface area contributed by atoms with Crippen LogP contribution in [0.2, 0.25) is 0 Å². The summed E-state index contributed by atoms with van der Waals surface area (Å²) >= 11 is 0. The lowest BCUT2D eigenvalue weighted by Gasteiger charge is -2.21. The molecule has 1 unspecified atom stereocenters. The molecule has 1 rings (SSSR count). The summed E-state index contributed by atoms with van der Waals surface area (Å²) in [6.07, 6.45) is 4.30. The molecule has 0 amide bonds. The van der Waals surface area contributed by atoms with Crippen LogP contribution in [0.1, 0.15) is 38.7 Å². The van der Waals surface area contributed by atoms with Crippen LogP contribution in [-0.4, -0.2) is 13.1 Å². The first-order valence-corrected chi connectivity index (χ1v) is 6.61. The van der Waals surface area contributed by atoms with Gasteiger partial charge in [-0.1, -0.05) is 44.9 Å². The third-order valence-electron chi connectivity index (χ3n) is 3.60. The van der Waals surface area contributed by atoms with Crippen molar-refractivity contribution < 1.29 is 4.39 Å². The second-order valence-electron chi connectivity index (χ2n) is 4.70. The molecule has 0 saturated carbocycles. The molecule has 1 aromatic rings. The maximum atomic E-state index is 13.6. The number of nitrogens with one attached hydrogen (secondary N) is 1. The van der Waals surface area contributed by atoms with Crippen LogP contribution in [0.3, 0.4) is 0 Å². The summed E-state index contributed by atoms with van der Waals surface area (Å²) in [4.78, 5) is 0. The van der Waals surface area contributed by atoms with Gasteiger partial charge in [0.25, 0.3) is 0 Å². The summed E-state index contributed by atoms with van der Waals surface area (Å²) in [6.45, 7) is 4.45. The Balaban J connectivity index is 2.61. The fraction of sp³-hybridized carbons (Fsp3) is 0.600. The molecule has 0 aliphatic heterocycles. The maximum Gasteiger partial charge on any atom is 0.126 e. The molecular weight excluding hydrogens is 213 g/mol. The lowest BCUT2D eigenvalue weighted by atomic mass is 9.91. The van der Waals surface area contributed by atoms with Crippen LogP contribution in [0.15, 0.2) is 24.3 Å². The molecule has 96 valence electrons. The third-order valence-corrected chi connectivity index (χ3v) is 3.60. The third kappa shape index (κ3) is 4.47. The molecule has 1 atom stereocenters. The van der Waals surface area contributed by atoms with Crippen LogP contribution in [-0.2, 0) is 6.42 Å². The van der Waals surface area contributed by atoms with Gasteiger partial charge < -0.3 is 5.32 Å². The first kappa shape index (κ1) is 14.2. The monoisotopic (exact) mass is 237 g/mol. The zero-order chi connectivity index (χ0) is 12.7. The van der Waals surface area contributed by atoms with E-state index in [0.29, 0.717) is 6.04 Å². The van der Waals surface area contributed by atoms with Crippen molar-refractivity contribution >= 4 is 0 Å². The van der Waals surface area contributed by atoms with Crippen LogP contribution in [0.25, 0.3) is 0 Å². The standard InChI is InChI=1S/C15H24FN/c1-4-12(5-2)10-14(17-3)11-13-8-6-7-9-15(13)16/h6-9,12,14,17H,4-5,10-11H2,1-3H3. The zero-order valence-electron chi connectivity index (χ0n) is 11.2. The highest BCUT2D eigenvalue weighted by Crippen LogP contribution is 2.18. The summed E-state index contributed by atoms with van der Waals surface area (Å²) in [5.41, 5.74) is 0.817. The minimum Gasteiger partial charge on any atom is -0.317 e. The molecule has 1 nitrogen and oxygen atoms in total. The van der Waals surface area contributed by atoms with Crippen molar-refractivity contribution in [3.05, 3.63) is 35.6 Å². The molecule has 0 aliphatic carbocycles. The average molecular weight is 237 g/mol. The van der Waals surface area contributed by atoms with Crippen molar-refractivity contribution in [2.45, 2.75) is 45.6 Å². The largest absolute Gasteiger partial charge is 0.317 e. The molecule has 0 aromatic heterocycles. The van der Waals surface area contributed by atoms with Crippen molar-refractivity contribution in [1.82, 2.24) is 5.32 Å². The number of hydrogen-bond acceptors (Lipinski definition) is 1. The van der Waals surface area contributed by atoms with Gasteiger partial charge in [0.2, 0.25) is 0 Å². The summed E-state index contributed by atoms with van der Waals surface area (Å²) in [5.74, 6) is 0.650. The maximum absolute atomic E-state index is 13.6. The normalized spacial score (nSPS) is 13.0. The van der Waals surface area contributed by atoms with E-state index >= 15 is 0 Å². The van der Waals surface area contributed by atoms with E-state index in [0.717, 1.165) is 24.3 Å². The SMILES string of the molecule is CCC(CC)CC(Cc1ccccc1F)NC. The smallest absolute Gasteiger partial charge is 0.126 e. The predicted octanol–water partition coefficient (Wildman–Crippen LogP) is 3.78. The summed E-state index contributed by atoms with van der Waals surface area (Å²) < 4.78 is 13.6. The zero-order valence-corrected chi connectivity index (χ0v) is 11.2. The lowest BCUT2D eigenvalue weighted by Crippen LogP contribution is -2.30. The quantitative estimate of drug-likeness (QED) is 0.761. The van der Waals surface area contributed by atoms with Crippen LogP contribution >= 0.6 is 0 Å². The molecule has 0 radical (unpaired) electrons. The molecule has 0 aliphatic rings. The van der Waals surface area contributed by atoms with Crippen LogP contribution in [0.4, 0.5) is 4.39 Å². The summed E-state index contributed by atoms with van der Waals surface area (Å²) in [5, 5.41) is 3.31. The minimum absolute atomic E-state index is 0.0858. The molecule has 0 saturated heterocycles. The second kappa shape index (κ2) is 7.44. The Morgan fingerprint density at radius 3 is 2.35 bits per heavy atom. The van der Waals surface area contributed by atoms with Gasteiger partial charge in [0.15, 0.2) is 0 Å². The Morgan fingerprint density at radius 1 is 1.18 bits per heavy atom. The first-order valence-electron chi connectivity index (χ1n) is 6.61. The number of benzene rings is 1. The first-order chi connectivity index (χ1) is 8.21. The highest BCUT2D eigenvalue weighted by molar-refractivity contribution is 5.18. The molecular formula is C15H24FN. The van der Waals surface area contributed by atoms with E-state index < -0.39 is 0 Å². The van der Waals surface area contributed by atoms with Gasteiger partial charge in [0.05, 0.1) is 0 Å². The van der Waals surface area contributed by atoms with E-state index in [9.17, 15) is 4.39 Å². The Morgan fingerprint density at radius 2 is 1.82 bits per heavy atom. The van der Waals surface area contributed by atoms with Gasteiger partial charge in [-0.2, -0.15) is 0 Å². The number of halogens is 1. The highest BCUT2D eigenvalue weighted by atomic mass is 19.1. The molecule has 0 spiro atoms. The highest BCUT2D eigenvalue weighted by Gasteiger charge is 2.14. The van der Waals surface area contributed by atoms with Crippen molar-refractivity contribution in [3.8, 4) is 0 Å². The molecule has 0 bridgehead atoms. The molecule has 2 heteroatoms. The van der Waals surface area contributed by atoms with Crippen molar-refractivity contribution in [3.63, 3.8) is 0 Å². The lowest BCUT2D eigenvalue weighted by molar-refractivity contribution is 0.374. The van der Waals surface area contributed by atoms with Crippen molar-refractivity contribution in [2.24, 2.45) is 5.92 Å². The number of hydrogen-bond donors (Lipinski definition) is 1. The van der Waals surface area contributed by atoms with Gasteiger partial charge in [0.1, 0.15) is 5.82 Å². The number of rotatable bonds is 7. The van der Waals surface area contributed by atoms with Gasteiger partial charge in [-0.15, -0.1) is 0 Å². The Kier molecular flexibility index (Phi) is 6.20. The van der Waals surface area contributed by atoms with E-state index in [1.807, 2.05) is 19.2 Å². The van der Waals surface area contributed by atoms with Gasteiger partial charge in [-0.25, -0.2) is 4.39 Å². The van der Waals surface area contributed by atoms with Crippen LogP contribution in [0, 0.1) is 11.7 Å². The summed E-state index contributed by atoms with van der Waals surface area (Å²) in [6, 6.07) is 7.44. The fourth-order valence-corrected chi connectivity index (χ4v) is 2.26. The Labute approximate surface area is 104 Å². The Hall–Kier alpha value is -0.890. The topological polar surface area (TPSA) is 12.0 Å². The Bertz CT molecular complexity index is 320. The van der Waals surface area contributed by atoms with Gasteiger partial charge in [0, 0.05) is 6.04 Å². The second-order valence-corrected chi connectivity index (χ2v) is 4.70. The van der Waals surface area contributed by atoms with E-state index in [1.54, 1.807) is 12.1 Å². The predicted molar refractivity (Wildman–Crippen MR) is 71.6 cm³/mol. The van der Waals surface area contributed by atoms with E-state index in [2.05, 4.69) is 19.2 Å². The molecule has 1 N–H and O–H groups in total. The molecule has 0 fully saturated rings. The minimum atomic E-state index is -0.0858. The average Bonchev–Trinajstić information content (AvgIpc) is 2.36. The van der Waals surface area contributed by atoms with E-state index in [4.69, 9.17) is 0 Å². The van der Waals surface area contributed by atoms with E-state index in [1.165, 1.54) is 12.8 Å². The van der Waals surface area contributed by atoms with Crippen LogP contribution in [0.5, 0.6) is 0 Å². The summed E-state index contributed by atoms with van der Waals surface area (Å²) in [7, 11) is 1.97. The van der Waals surface area contributed by atoms with Gasteiger partial charge in [-0.3, -0.25) is 0 Å². The molecule has 1 aromatic carbocycles. The van der Waals surface area contributed by atoms with Gasteiger partial charge in [-0.05, 0) is 37.4 Å². The molecule has 17 heavy (non-hydrogen) atoms. The van der Waals surface area contributed by atoms with Crippen molar-refractivity contribution in [1.29, 1.82) is 0 Å². The van der Waals surface area contributed by atoms with E-state index in [-0.39, 0.29) is 5.82 Å². The number of likely N-dealkylation sites (N-methyl/N-ethyl adjacent to an activating group) is 1. The molecule has 0 heterocycles. The van der Waals surface area contributed by atoms with Crippen molar-refractivity contribution in [2.75, 3.05) is 7.05 Å². The fourth-order valence-electron chi connectivity index (χ4n) is 2.26. The van der Waals surface area contributed by atoms with Crippen LogP contribution < -0.4 is 5.32 Å². The van der Waals surface area contributed by atoms with Gasteiger partial charge >= 0.3 is 0 Å².